The summed E-state index contributed by atoms with van der Waals surface area (Å²) in [5.74, 6) is 2.44. The smallest absolute Gasteiger partial charge is 0.230 e. The molecule has 2 aromatic heterocycles. The number of nitrogens with two attached hydrogens (primary N) is 1. The molecule has 122 valence electrons. The number of aliphatic hydroxyl groups is 3. The van der Waals surface area contributed by atoms with Crippen LogP contribution in [0.2, 0.25) is 0 Å². The van der Waals surface area contributed by atoms with Crippen LogP contribution in [0.5, 0.6) is 5.88 Å². The minimum atomic E-state index is -1.33. The summed E-state index contributed by atoms with van der Waals surface area (Å²) in [6.07, 6.45) is 0.790. The molecule has 5 N–H and O–H groups in total. The van der Waals surface area contributed by atoms with E-state index in [2.05, 4.69) is 21.0 Å². The number of nitrogens with zero attached hydrogens (tertiary/aromatic N) is 4. The van der Waals surface area contributed by atoms with Crippen molar-refractivity contribution in [2.45, 2.75) is 24.5 Å². The van der Waals surface area contributed by atoms with Gasteiger partial charge in [0.25, 0.3) is 0 Å². The molecular weight excluding hydrogens is 306 g/mol. The molecule has 2 aromatic rings. The lowest BCUT2D eigenvalue weighted by molar-refractivity contribution is -0.0567. The second-order valence-electron chi connectivity index (χ2n) is 4.96. The predicted molar refractivity (Wildman–Crippen MR) is 77.2 cm³/mol. The van der Waals surface area contributed by atoms with Gasteiger partial charge < -0.3 is 30.5 Å². The van der Waals surface area contributed by atoms with Gasteiger partial charge in [0.1, 0.15) is 29.4 Å². The zero-order chi connectivity index (χ0) is 16.7. The maximum atomic E-state index is 10.1. The second kappa shape index (κ2) is 5.64. The summed E-state index contributed by atoms with van der Waals surface area (Å²) in [5.41, 5.74) is 6.01. The van der Waals surface area contributed by atoms with Gasteiger partial charge in [0, 0.05) is 0 Å². The largest absolute Gasteiger partial charge is 0.480 e. The van der Waals surface area contributed by atoms with Crippen LogP contribution in [-0.2, 0) is 4.74 Å². The van der Waals surface area contributed by atoms with Gasteiger partial charge in [-0.2, -0.15) is 15.1 Å². The molecule has 0 aliphatic carbocycles. The Balaban J connectivity index is 2.20. The lowest BCUT2D eigenvalue weighted by atomic mass is 10.1. The highest BCUT2D eigenvalue weighted by Crippen LogP contribution is 2.34. The van der Waals surface area contributed by atoms with Crippen molar-refractivity contribution in [2.75, 3.05) is 19.5 Å². The van der Waals surface area contributed by atoms with Crippen molar-refractivity contribution in [1.82, 2.24) is 19.7 Å². The number of nitrogen functional groups attached to an aromatic ring is 1. The first-order valence-corrected chi connectivity index (χ1v) is 6.70. The first-order chi connectivity index (χ1) is 11.0. The van der Waals surface area contributed by atoms with Crippen LogP contribution in [0.3, 0.4) is 0 Å². The Morgan fingerprint density at radius 1 is 1.39 bits per heavy atom. The van der Waals surface area contributed by atoms with Crippen molar-refractivity contribution >= 4 is 17.0 Å². The Morgan fingerprint density at radius 3 is 2.70 bits per heavy atom. The van der Waals surface area contributed by atoms with E-state index >= 15 is 0 Å². The van der Waals surface area contributed by atoms with Gasteiger partial charge in [-0.15, -0.1) is 6.42 Å². The van der Waals surface area contributed by atoms with Crippen LogP contribution in [-0.4, -0.2) is 67.1 Å². The van der Waals surface area contributed by atoms with Crippen LogP contribution in [0.25, 0.3) is 11.0 Å². The highest BCUT2D eigenvalue weighted by atomic mass is 16.6. The average Bonchev–Trinajstić information content (AvgIpc) is 3.05. The fourth-order valence-corrected chi connectivity index (χ4v) is 2.53. The van der Waals surface area contributed by atoms with Gasteiger partial charge in [-0.25, -0.2) is 4.68 Å². The SMILES string of the molecule is C#Cc1nn([C@@H]2O[C@H](CO)[C@@H](O)[C@H]2O)c2nc(N)nc(OC)c12. The molecule has 0 aromatic carbocycles. The molecule has 0 spiro atoms. The van der Waals surface area contributed by atoms with Gasteiger partial charge in [0.15, 0.2) is 11.9 Å². The normalized spacial score (nSPS) is 27.3. The summed E-state index contributed by atoms with van der Waals surface area (Å²) in [4.78, 5) is 8.00. The number of terminal acetylenes is 1. The number of methoxy groups -OCH3 is 1. The minimum absolute atomic E-state index is 0.0779. The zero-order valence-electron chi connectivity index (χ0n) is 12.1. The molecule has 1 aliphatic rings. The Hall–Kier alpha value is -2.45. The molecule has 0 bridgehead atoms. The highest BCUT2D eigenvalue weighted by Gasteiger charge is 2.45. The van der Waals surface area contributed by atoms with Crippen molar-refractivity contribution in [1.29, 1.82) is 0 Å². The number of aliphatic hydroxyl groups excluding tert-OH is 3. The molecule has 10 nitrogen and oxygen atoms in total. The molecule has 0 radical (unpaired) electrons. The van der Waals surface area contributed by atoms with E-state index in [9.17, 15) is 15.3 Å². The molecule has 10 heteroatoms. The number of fused-ring (bicyclic) bond motifs is 1. The van der Waals surface area contributed by atoms with Crippen LogP contribution < -0.4 is 10.5 Å². The monoisotopic (exact) mass is 321 g/mol. The Bertz CT molecular complexity index is 785. The molecule has 23 heavy (non-hydrogen) atoms. The minimum Gasteiger partial charge on any atom is -0.480 e. The van der Waals surface area contributed by atoms with Crippen molar-refractivity contribution in [3.05, 3.63) is 5.69 Å². The molecule has 1 fully saturated rings. The standard InChI is InChI=1S/C13H15N5O5/c1-3-5-7-10(15-13(14)16-11(7)22-2)18(17-5)12-9(21)8(20)6(4-19)23-12/h1,6,8-9,12,19-21H,4H2,2H3,(H2,14,15,16)/t6-,8-,9-,12-/m1/s1. The van der Waals surface area contributed by atoms with E-state index in [4.69, 9.17) is 21.6 Å². The first-order valence-electron chi connectivity index (χ1n) is 6.70. The number of rotatable bonds is 3. The van der Waals surface area contributed by atoms with E-state index in [0.717, 1.165) is 0 Å². The molecule has 1 aliphatic heterocycles. The van der Waals surface area contributed by atoms with E-state index in [0.29, 0.717) is 5.39 Å². The van der Waals surface area contributed by atoms with Gasteiger partial charge in [-0.1, -0.05) is 0 Å². The Morgan fingerprint density at radius 2 is 2.13 bits per heavy atom. The summed E-state index contributed by atoms with van der Waals surface area (Å²) < 4.78 is 11.8. The number of aromatic nitrogens is 4. The molecule has 0 unspecified atom stereocenters. The van der Waals surface area contributed by atoms with Gasteiger partial charge in [-0.05, 0) is 5.92 Å². The fourth-order valence-electron chi connectivity index (χ4n) is 2.53. The number of anilines is 1. The third-order valence-electron chi connectivity index (χ3n) is 3.62. The third-order valence-corrected chi connectivity index (χ3v) is 3.62. The lowest BCUT2D eigenvalue weighted by Crippen LogP contribution is -2.33. The van der Waals surface area contributed by atoms with Crippen molar-refractivity contribution in [3.63, 3.8) is 0 Å². The van der Waals surface area contributed by atoms with Crippen LogP contribution >= 0.6 is 0 Å². The van der Waals surface area contributed by atoms with E-state index in [1.807, 2.05) is 0 Å². The van der Waals surface area contributed by atoms with Crippen LogP contribution in [0.15, 0.2) is 0 Å². The molecule has 3 heterocycles. The summed E-state index contributed by atoms with van der Waals surface area (Å²) >= 11 is 0. The van der Waals surface area contributed by atoms with Gasteiger partial charge in [0.05, 0.1) is 13.7 Å². The Kier molecular flexibility index (Phi) is 3.78. The van der Waals surface area contributed by atoms with Crippen molar-refractivity contribution in [3.8, 4) is 18.2 Å². The van der Waals surface area contributed by atoms with Gasteiger partial charge in [-0.3, -0.25) is 0 Å². The molecule has 3 rings (SSSR count). The number of hydrogen-bond donors (Lipinski definition) is 4. The second-order valence-corrected chi connectivity index (χ2v) is 4.96. The highest BCUT2D eigenvalue weighted by molar-refractivity contribution is 5.87. The summed E-state index contributed by atoms with van der Waals surface area (Å²) in [5, 5.41) is 33.7. The lowest BCUT2D eigenvalue weighted by Gasteiger charge is -2.15. The predicted octanol–water partition coefficient (Wildman–Crippen LogP) is -1.99. The molecule has 0 saturated carbocycles. The van der Waals surface area contributed by atoms with Crippen LogP contribution in [0.1, 0.15) is 11.9 Å². The molecular formula is C13H15N5O5. The van der Waals surface area contributed by atoms with Gasteiger partial charge >= 0.3 is 0 Å². The average molecular weight is 321 g/mol. The van der Waals surface area contributed by atoms with E-state index in [1.165, 1.54) is 11.8 Å². The van der Waals surface area contributed by atoms with Crippen molar-refractivity contribution < 1.29 is 24.8 Å². The first kappa shape index (κ1) is 15.4. The van der Waals surface area contributed by atoms with E-state index in [-0.39, 0.29) is 23.2 Å². The van der Waals surface area contributed by atoms with E-state index in [1.54, 1.807) is 0 Å². The van der Waals surface area contributed by atoms with Crippen LogP contribution in [0, 0.1) is 12.3 Å². The zero-order valence-corrected chi connectivity index (χ0v) is 12.1. The third kappa shape index (κ3) is 2.27. The molecule has 4 atom stereocenters. The quantitative estimate of drug-likeness (QED) is 0.471. The topological polar surface area (TPSA) is 149 Å². The van der Waals surface area contributed by atoms with Crippen LogP contribution in [0.4, 0.5) is 5.95 Å². The summed E-state index contributed by atoms with van der Waals surface area (Å²) in [7, 11) is 1.39. The number of ether oxygens (including phenoxy) is 2. The molecule has 0 amide bonds. The van der Waals surface area contributed by atoms with Gasteiger partial charge in [0.2, 0.25) is 11.8 Å². The summed E-state index contributed by atoms with van der Waals surface area (Å²) in [6.45, 7) is -0.462. The maximum Gasteiger partial charge on any atom is 0.230 e. The summed E-state index contributed by atoms with van der Waals surface area (Å²) in [6, 6.07) is 0. The Labute approximate surface area is 130 Å². The fraction of sp³-hybridized carbons (Fsp3) is 0.462. The molecule has 1 saturated heterocycles. The maximum absolute atomic E-state index is 10.1. The van der Waals surface area contributed by atoms with Crippen molar-refractivity contribution in [2.24, 2.45) is 0 Å². The van der Waals surface area contributed by atoms with E-state index < -0.39 is 31.1 Å². The number of hydrogen-bond acceptors (Lipinski definition) is 9.